The lowest BCUT2D eigenvalue weighted by Crippen LogP contribution is -2.28. The Labute approximate surface area is 27.0 Å². The summed E-state index contributed by atoms with van der Waals surface area (Å²) in [6.45, 7) is 0. The van der Waals surface area contributed by atoms with Crippen molar-refractivity contribution < 1.29 is 12.9 Å². The van der Waals surface area contributed by atoms with Crippen molar-refractivity contribution >= 4 is 7.11 Å². The third kappa shape index (κ3) is 367. The van der Waals surface area contributed by atoms with Gasteiger partial charge in [0.15, 0.2) is 0 Å². The fourth-order valence-corrected chi connectivity index (χ4v) is 0. The molecule has 0 spiro atoms. The number of nitrogens with two attached hydrogens (primary N) is 1. The SMILES string of the molecule is N[B-](F)(F)F. The summed E-state index contributed by atoms with van der Waals surface area (Å²) in [6, 6.07) is 0. The molecule has 0 aliphatic rings. The van der Waals surface area contributed by atoms with Gasteiger partial charge in [-0.1, -0.05) is 0 Å². The molecule has 2 N–H and O–H groups in total. The summed E-state index contributed by atoms with van der Waals surface area (Å²) >= 11 is 0. The van der Waals surface area contributed by atoms with Gasteiger partial charge in [-0.25, -0.2) is 0 Å². The van der Waals surface area contributed by atoms with Crippen LogP contribution >= 0.6 is 0 Å². The molecule has 0 radical (unpaired) electrons. The van der Waals surface area contributed by atoms with E-state index in [0.717, 1.165) is 0 Å². The second-order valence-electron chi connectivity index (χ2n) is 0.625. The molecule has 0 aromatic carbocycles. The van der Waals surface area contributed by atoms with Crippen molar-refractivity contribution in [2.24, 2.45) is 5.64 Å². The van der Waals surface area contributed by atoms with Crippen LogP contribution < -0.4 is 5.64 Å². The van der Waals surface area contributed by atoms with Crippen LogP contribution in [0, 0.1) is 0 Å². The molecule has 0 aromatic heterocycles. The first-order chi connectivity index (χ1) is 2.00. The van der Waals surface area contributed by atoms with Crippen LogP contribution in [0.25, 0.3) is 0 Å². The van der Waals surface area contributed by atoms with Gasteiger partial charge in [-0.2, -0.15) is 0 Å². The van der Waals surface area contributed by atoms with E-state index in [4.69, 9.17) is 0 Å². The number of hydrogen-bond acceptors (Lipinski definition) is 1. The number of hydrogen-bond donors (Lipinski definition) is 1. The second kappa shape index (κ2) is 0.894. The number of halogens is 3. The fourth-order valence-electron chi connectivity index (χ4n) is 0. The van der Waals surface area contributed by atoms with Crippen LogP contribution in [0.4, 0.5) is 12.9 Å². The molecular weight excluding hydrogens is 81.8 g/mol. The van der Waals surface area contributed by atoms with Crippen molar-refractivity contribution in [3.63, 3.8) is 0 Å². The van der Waals surface area contributed by atoms with E-state index in [9.17, 15) is 12.9 Å². The zero-order chi connectivity index (χ0) is 4.50. The minimum atomic E-state index is -5.00. The molecule has 0 heterocycles. The Balaban J connectivity index is 3.02. The molecule has 0 aromatic rings. The van der Waals surface area contributed by atoms with Gasteiger partial charge in [0.25, 0.3) is 0 Å². The molecule has 0 atom stereocenters. The summed E-state index contributed by atoms with van der Waals surface area (Å²) in [6.07, 6.45) is 0. The Kier molecular flexibility index (Phi) is 0.861. The lowest BCUT2D eigenvalue weighted by Gasteiger charge is -1.99. The van der Waals surface area contributed by atoms with Gasteiger partial charge in [0, 0.05) is 0 Å². The van der Waals surface area contributed by atoms with Crippen molar-refractivity contribution in [2.45, 2.75) is 0 Å². The summed E-state index contributed by atoms with van der Waals surface area (Å²) in [5.41, 5.74) is 3.42. The maximum atomic E-state index is 10.2. The van der Waals surface area contributed by atoms with Gasteiger partial charge in [-0.05, 0) is 0 Å². The van der Waals surface area contributed by atoms with Crippen LogP contribution in [0.2, 0.25) is 0 Å². The van der Waals surface area contributed by atoms with E-state index >= 15 is 0 Å². The van der Waals surface area contributed by atoms with Crippen molar-refractivity contribution in [3.05, 3.63) is 0 Å². The monoisotopic (exact) mass is 84.0 g/mol. The van der Waals surface area contributed by atoms with E-state index in [1.54, 1.807) is 0 Å². The van der Waals surface area contributed by atoms with E-state index < -0.39 is 7.11 Å². The van der Waals surface area contributed by atoms with Crippen molar-refractivity contribution in [3.8, 4) is 0 Å². The van der Waals surface area contributed by atoms with Gasteiger partial charge < -0.3 is 18.6 Å². The largest absolute Gasteiger partial charge is 0.561 e. The first-order valence-corrected chi connectivity index (χ1v) is 0.988. The predicted molar refractivity (Wildman–Crippen MR) is 13.3 cm³/mol. The lowest BCUT2D eigenvalue weighted by molar-refractivity contribution is 0.475. The molecule has 0 fully saturated rings. The van der Waals surface area contributed by atoms with Gasteiger partial charge in [0.05, 0.1) is 0 Å². The first kappa shape index (κ1) is 4.81. The summed E-state index contributed by atoms with van der Waals surface area (Å²) < 4.78 is 30.6. The van der Waals surface area contributed by atoms with Crippen molar-refractivity contribution in [1.29, 1.82) is 0 Å². The minimum absolute atomic E-state index is 3.42. The van der Waals surface area contributed by atoms with Crippen molar-refractivity contribution in [1.82, 2.24) is 0 Å². The van der Waals surface area contributed by atoms with Crippen LogP contribution in [0.1, 0.15) is 0 Å². The first-order valence-electron chi connectivity index (χ1n) is 0.988. The molecule has 1 nitrogen and oxygen atoms in total. The fraction of sp³-hybridized carbons (Fsp3) is 0. The molecule has 5 heavy (non-hydrogen) atoms. The van der Waals surface area contributed by atoms with Gasteiger partial charge in [0.2, 0.25) is 0 Å². The Morgan fingerprint density at radius 1 is 1.20 bits per heavy atom. The minimum Gasteiger partial charge on any atom is -0.434 e. The Bertz CT molecular complexity index is 22.4. The Hall–Kier alpha value is -0.185. The highest BCUT2D eigenvalue weighted by molar-refractivity contribution is 6.54. The van der Waals surface area contributed by atoms with E-state index in [2.05, 4.69) is 5.64 Å². The molecule has 32 valence electrons. The van der Waals surface area contributed by atoms with E-state index in [0.29, 0.717) is 0 Å². The summed E-state index contributed by atoms with van der Waals surface area (Å²) in [7, 11) is -5.00. The van der Waals surface area contributed by atoms with Crippen LogP contribution in [0.5, 0.6) is 0 Å². The molecule has 0 aliphatic carbocycles. The molecule has 0 unspecified atom stereocenters. The standard InChI is InChI=1S/BF3H2N/c2-1(3,4)5/h5H2/q-1. The highest BCUT2D eigenvalue weighted by atomic mass is 19.4. The van der Waals surface area contributed by atoms with Gasteiger partial charge >= 0.3 is 7.11 Å². The molecule has 0 bridgehead atoms. The third-order valence-corrected chi connectivity index (χ3v) is 0. The topological polar surface area (TPSA) is 26.0 Å². The van der Waals surface area contributed by atoms with Gasteiger partial charge in [0.1, 0.15) is 0 Å². The number of rotatable bonds is 0. The van der Waals surface area contributed by atoms with Gasteiger partial charge in [-0.3, -0.25) is 0 Å². The maximum Gasteiger partial charge on any atom is 0.561 e. The summed E-state index contributed by atoms with van der Waals surface area (Å²) in [5.74, 6) is 0. The molecule has 0 saturated carbocycles. The average molecular weight is 83.8 g/mol. The summed E-state index contributed by atoms with van der Waals surface area (Å²) in [4.78, 5) is 0. The quantitative estimate of drug-likeness (QED) is 0.419. The van der Waals surface area contributed by atoms with Gasteiger partial charge in [-0.15, -0.1) is 0 Å². The Morgan fingerprint density at radius 3 is 1.20 bits per heavy atom. The van der Waals surface area contributed by atoms with Crippen LogP contribution in [-0.2, 0) is 0 Å². The Morgan fingerprint density at radius 2 is 1.20 bits per heavy atom. The molecule has 0 amide bonds. The van der Waals surface area contributed by atoms with Crippen LogP contribution in [0.3, 0.4) is 0 Å². The molecule has 0 rings (SSSR count). The van der Waals surface area contributed by atoms with Crippen molar-refractivity contribution in [2.75, 3.05) is 0 Å². The second-order valence-corrected chi connectivity index (χ2v) is 0.625. The highest BCUT2D eigenvalue weighted by Crippen LogP contribution is 1.94. The third-order valence-electron chi connectivity index (χ3n) is 0. The molecule has 0 saturated heterocycles. The molecular formula is H2BF3N-. The maximum absolute atomic E-state index is 10.2. The highest BCUT2D eigenvalue weighted by Gasteiger charge is 2.13. The van der Waals surface area contributed by atoms with E-state index in [1.165, 1.54) is 0 Å². The zero-order valence-electron chi connectivity index (χ0n) is 2.29. The smallest absolute Gasteiger partial charge is 0.434 e. The zero-order valence-corrected chi connectivity index (χ0v) is 2.29. The predicted octanol–water partition coefficient (Wildman–Crippen LogP) is 0.289. The normalized spacial score (nSPS) is 12.0. The average Bonchev–Trinajstić information content (AvgIpc) is 0.722. The summed E-state index contributed by atoms with van der Waals surface area (Å²) in [5, 5.41) is 0. The molecule has 5 heteroatoms. The van der Waals surface area contributed by atoms with E-state index in [-0.39, 0.29) is 0 Å². The van der Waals surface area contributed by atoms with Crippen LogP contribution in [0.15, 0.2) is 0 Å². The van der Waals surface area contributed by atoms with Crippen LogP contribution in [-0.4, -0.2) is 7.11 Å². The molecule has 0 aliphatic heterocycles. The lowest BCUT2D eigenvalue weighted by atomic mass is 10.2. The van der Waals surface area contributed by atoms with E-state index in [1.807, 2.05) is 0 Å².